The maximum absolute atomic E-state index is 12.9. The van der Waals surface area contributed by atoms with Crippen molar-refractivity contribution in [1.29, 1.82) is 0 Å². The van der Waals surface area contributed by atoms with Crippen molar-refractivity contribution >= 4 is 17.5 Å². The zero-order valence-corrected chi connectivity index (χ0v) is 16.2. The van der Waals surface area contributed by atoms with Crippen molar-refractivity contribution in [3.05, 3.63) is 69.8 Å². The number of hydrogen-bond acceptors (Lipinski definition) is 3. The van der Waals surface area contributed by atoms with Crippen LogP contribution in [0.1, 0.15) is 32.9 Å². The smallest absolute Gasteiger partial charge is 0.257 e. The summed E-state index contributed by atoms with van der Waals surface area (Å²) in [5.74, 6) is -0.0470. The minimum absolute atomic E-state index is 0.0470. The Labute approximate surface area is 158 Å². The van der Waals surface area contributed by atoms with Crippen molar-refractivity contribution in [3.8, 4) is 0 Å². The molecule has 2 heterocycles. The van der Waals surface area contributed by atoms with E-state index in [1.54, 1.807) is 22.8 Å². The molecule has 0 aliphatic carbocycles. The Balaban J connectivity index is 1.82. The molecule has 0 unspecified atom stereocenters. The van der Waals surface area contributed by atoms with Crippen LogP contribution >= 0.6 is 11.6 Å². The molecule has 3 aromatic rings. The fourth-order valence-electron chi connectivity index (χ4n) is 3.04. The standard InChI is InChI=1S/C19H22ClN5O/c1-13-18(19(26)23(3)10-15-9-21-24(4)11-15)14(2)25(22-13)12-16-7-5-6-8-17(16)20/h5-9,11H,10,12H2,1-4H3. The van der Waals surface area contributed by atoms with E-state index in [0.29, 0.717) is 23.7 Å². The molecule has 0 aliphatic rings. The van der Waals surface area contributed by atoms with Crippen molar-refractivity contribution in [3.63, 3.8) is 0 Å². The summed E-state index contributed by atoms with van der Waals surface area (Å²) in [7, 11) is 3.65. The summed E-state index contributed by atoms with van der Waals surface area (Å²) >= 11 is 6.25. The molecule has 0 fully saturated rings. The first-order chi connectivity index (χ1) is 12.4. The van der Waals surface area contributed by atoms with E-state index in [1.165, 1.54) is 0 Å². The van der Waals surface area contributed by atoms with Crippen molar-refractivity contribution < 1.29 is 4.79 Å². The highest BCUT2D eigenvalue weighted by Gasteiger charge is 2.22. The van der Waals surface area contributed by atoms with Gasteiger partial charge < -0.3 is 4.90 Å². The molecule has 0 atom stereocenters. The van der Waals surface area contributed by atoms with Crippen LogP contribution in [0.2, 0.25) is 5.02 Å². The van der Waals surface area contributed by atoms with E-state index in [0.717, 1.165) is 22.5 Å². The van der Waals surface area contributed by atoms with Crippen LogP contribution < -0.4 is 0 Å². The Hall–Kier alpha value is -2.60. The number of rotatable bonds is 5. The van der Waals surface area contributed by atoms with Crippen molar-refractivity contribution in [1.82, 2.24) is 24.5 Å². The van der Waals surface area contributed by atoms with Gasteiger partial charge in [0.05, 0.1) is 24.0 Å². The number of amides is 1. The molecule has 0 spiro atoms. The number of aromatic nitrogens is 4. The van der Waals surface area contributed by atoms with Gasteiger partial charge in [-0.3, -0.25) is 14.2 Å². The second kappa shape index (κ2) is 7.33. The number of hydrogen-bond donors (Lipinski definition) is 0. The highest BCUT2D eigenvalue weighted by Crippen LogP contribution is 2.20. The van der Waals surface area contributed by atoms with Crippen LogP contribution in [0.3, 0.4) is 0 Å². The number of halogens is 1. The largest absolute Gasteiger partial charge is 0.337 e. The third-order valence-electron chi connectivity index (χ3n) is 4.40. The van der Waals surface area contributed by atoms with Crippen LogP contribution in [-0.2, 0) is 20.1 Å². The van der Waals surface area contributed by atoms with Crippen LogP contribution in [0.15, 0.2) is 36.7 Å². The van der Waals surface area contributed by atoms with Crippen LogP contribution in [0.25, 0.3) is 0 Å². The Morgan fingerprint density at radius 1 is 1.27 bits per heavy atom. The molecule has 0 saturated heterocycles. The summed E-state index contributed by atoms with van der Waals surface area (Å²) in [6.07, 6.45) is 3.68. The van der Waals surface area contributed by atoms with Gasteiger partial charge in [-0.1, -0.05) is 29.8 Å². The lowest BCUT2D eigenvalue weighted by molar-refractivity contribution is 0.0783. The topological polar surface area (TPSA) is 56.0 Å². The monoisotopic (exact) mass is 371 g/mol. The van der Waals surface area contributed by atoms with E-state index in [2.05, 4.69) is 10.2 Å². The highest BCUT2D eigenvalue weighted by atomic mass is 35.5. The zero-order valence-electron chi connectivity index (χ0n) is 15.4. The average Bonchev–Trinajstić information content (AvgIpc) is 3.12. The first kappa shape index (κ1) is 18.2. The molecule has 1 aromatic carbocycles. The summed E-state index contributed by atoms with van der Waals surface area (Å²) in [6.45, 7) is 4.82. The molecule has 0 radical (unpaired) electrons. The Bertz CT molecular complexity index is 943. The molecule has 26 heavy (non-hydrogen) atoms. The van der Waals surface area contributed by atoms with E-state index in [-0.39, 0.29) is 5.91 Å². The van der Waals surface area contributed by atoms with Gasteiger partial charge in [-0.25, -0.2) is 0 Å². The molecule has 7 heteroatoms. The number of carbonyl (C=O) groups is 1. The van der Waals surface area contributed by atoms with Gasteiger partial charge in [0.25, 0.3) is 5.91 Å². The van der Waals surface area contributed by atoms with Crippen molar-refractivity contribution in [2.75, 3.05) is 7.05 Å². The summed E-state index contributed by atoms with van der Waals surface area (Å²) in [5, 5.41) is 9.40. The molecular weight excluding hydrogens is 350 g/mol. The number of carbonyl (C=O) groups excluding carboxylic acids is 1. The van der Waals surface area contributed by atoms with Gasteiger partial charge in [0, 0.05) is 43.1 Å². The highest BCUT2D eigenvalue weighted by molar-refractivity contribution is 6.31. The van der Waals surface area contributed by atoms with Gasteiger partial charge >= 0.3 is 0 Å². The Morgan fingerprint density at radius 2 is 2.00 bits per heavy atom. The average molecular weight is 372 g/mol. The van der Waals surface area contributed by atoms with E-state index < -0.39 is 0 Å². The summed E-state index contributed by atoms with van der Waals surface area (Å²) in [4.78, 5) is 14.6. The van der Waals surface area contributed by atoms with E-state index >= 15 is 0 Å². The van der Waals surface area contributed by atoms with Crippen LogP contribution in [0.4, 0.5) is 0 Å². The number of nitrogens with zero attached hydrogens (tertiary/aromatic N) is 5. The lowest BCUT2D eigenvalue weighted by Gasteiger charge is -2.16. The SMILES string of the molecule is Cc1nn(Cc2ccccc2Cl)c(C)c1C(=O)N(C)Cc1cnn(C)c1. The Kier molecular flexibility index (Phi) is 5.13. The van der Waals surface area contributed by atoms with Gasteiger partial charge in [-0.15, -0.1) is 0 Å². The minimum atomic E-state index is -0.0470. The summed E-state index contributed by atoms with van der Waals surface area (Å²) in [6, 6.07) is 7.67. The second-order valence-corrected chi connectivity index (χ2v) is 6.89. The summed E-state index contributed by atoms with van der Waals surface area (Å²) in [5.41, 5.74) is 4.16. The Morgan fingerprint density at radius 3 is 2.65 bits per heavy atom. The van der Waals surface area contributed by atoms with Crippen LogP contribution in [0, 0.1) is 13.8 Å². The second-order valence-electron chi connectivity index (χ2n) is 6.48. The predicted octanol–water partition coefficient (Wildman–Crippen LogP) is 3.21. The van der Waals surface area contributed by atoms with Gasteiger partial charge in [-0.05, 0) is 25.5 Å². The van der Waals surface area contributed by atoms with Crippen molar-refractivity contribution in [2.24, 2.45) is 7.05 Å². The van der Waals surface area contributed by atoms with Crippen molar-refractivity contribution in [2.45, 2.75) is 26.9 Å². The molecule has 3 rings (SSSR count). The molecule has 136 valence electrons. The van der Waals surface area contributed by atoms with Gasteiger partial charge in [0.15, 0.2) is 0 Å². The van der Waals surface area contributed by atoms with Crippen LogP contribution in [0.5, 0.6) is 0 Å². The number of benzene rings is 1. The third kappa shape index (κ3) is 3.65. The minimum Gasteiger partial charge on any atom is -0.337 e. The molecule has 0 saturated carbocycles. The quantitative estimate of drug-likeness (QED) is 0.692. The van der Waals surface area contributed by atoms with E-state index in [1.807, 2.05) is 56.0 Å². The molecular formula is C19H22ClN5O. The third-order valence-corrected chi connectivity index (χ3v) is 4.77. The van der Waals surface area contributed by atoms with Gasteiger partial charge in [-0.2, -0.15) is 10.2 Å². The lowest BCUT2D eigenvalue weighted by Crippen LogP contribution is -2.27. The molecule has 2 aromatic heterocycles. The van der Waals surface area contributed by atoms with E-state index in [4.69, 9.17) is 11.6 Å². The first-order valence-electron chi connectivity index (χ1n) is 8.37. The molecule has 0 N–H and O–H groups in total. The van der Waals surface area contributed by atoms with E-state index in [9.17, 15) is 4.79 Å². The molecule has 0 aliphatic heterocycles. The fourth-order valence-corrected chi connectivity index (χ4v) is 3.23. The maximum Gasteiger partial charge on any atom is 0.257 e. The molecule has 6 nitrogen and oxygen atoms in total. The maximum atomic E-state index is 12.9. The first-order valence-corrected chi connectivity index (χ1v) is 8.75. The number of aryl methyl sites for hydroxylation is 2. The van der Waals surface area contributed by atoms with Crippen LogP contribution in [-0.4, -0.2) is 37.4 Å². The zero-order chi connectivity index (χ0) is 18.8. The predicted molar refractivity (Wildman–Crippen MR) is 101 cm³/mol. The summed E-state index contributed by atoms with van der Waals surface area (Å²) < 4.78 is 3.56. The van der Waals surface area contributed by atoms with Gasteiger partial charge in [0.2, 0.25) is 0 Å². The van der Waals surface area contributed by atoms with Gasteiger partial charge in [0.1, 0.15) is 0 Å². The molecule has 1 amide bonds. The fraction of sp³-hybridized carbons (Fsp3) is 0.316. The lowest BCUT2D eigenvalue weighted by atomic mass is 10.1. The molecule has 0 bridgehead atoms. The normalized spacial score (nSPS) is 11.0.